The Bertz CT molecular complexity index is 574. The molecule has 5 nitrogen and oxygen atoms in total. The highest BCUT2D eigenvalue weighted by Gasteiger charge is 2.09. The fraction of sp³-hybridized carbons (Fsp3) is 0.556. The molecule has 0 aliphatic heterocycles. The van der Waals surface area contributed by atoms with Gasteiger partial charge in [0, 0.05) is 32.6 Å². The number of rotatable bonds is 9. The van der Waals surface area contributed by atoms with Gasteiger partial charge in [-0.25, -0.2) is 8.78 Å². The van der Waals surface area contributed by atoms with Crippen LogP contribution in [0, 0.1) is 11.6 Å². The van der Waals surface area contributed by atoms with Crippen molar-refractivity contribution in [3.63, 3.8) is 0 Å². The number of amides is 1. The van der Waals surface area contributed by atoms with Crippen molar-refractivity contribution in [1.82, 2.24) is 15.5 Å². The summed E-state index contributed by atoms with van der Waals surface area (Å²) in [4.78, 5) is 18.1. The third-order valence-electron chi connectivity index (χ3n) is 3.75. The molecule has 0 aliphatic carbocycles. The Kier molecular flexibility index (Phi) is 9.50. The summed E-state index contributed by atoms with van der Waals surface area (Å²) in [5, 5.41) is 6.14. The third kappa shape index (κ3) is 7.49. The van der Waals surface area contributed by atoms with Crippen molar-refractivity contribution in [1.29, 1.82) is 0 Å². The van der Waals surface area contributed by atoms with Crippen LogP contribution < -0.4 is 10.6 Å². The second-order valence-corrected chi connectivity index (χ2v) is 5.49. The molecule has 0 radical (unpaired) electrons. The lowest BCUT2D eigenvalue weighted by Gasteiger charge is -2.18. The first-order valence-electron chi connectivity index (χ1n) is 8.75. The Balaban J connectivity index is 2.50. The first kappa shape index (κ1) is 20.9. The summed E-state index contributed by atoms with van der Waals surface area (Å²) in [5.41, 5.74) is 0.319. The number of benzene rings is 1. The van der Waals surface area contributed by atoms with Gasteiger partial charge in [-0.2, -0.15) is 0 Å². The fourth-order valence-corrected chi connectivity index (χ4v) is 2.39. The van der Waals surface area contributed by atoms with Gasteiger partial charge in [-0.15, -0.1) is 0 Å². The standard InChI is InChI=1S/C18H28F2N4O/c1-4-21-18(23-12-10-17(25)24(5-2)6-3)22-11-9-14-13-15(19)7-8-16(14)20/h7-8,13H,4-6,9-12H2,1-3H3,(H2,21,22,23). The smallest absolute Gasteiger partial charge is 0.224 e. The van der Waals surface area contributed by atoms with Gasteiger partial charge in [-0.1, -0.05) is 0 Å². The van der Waals surface area contributed by atoms with E-state index in [0.717, 1.165) is 12.1 Å². The Hall–Kier alpha value is -2.18. The molecule has 0 aliphatic rings. The van der Waals surface area contributed by atoms with E-state index in [4.69, 9.17) is 0 Å². The minimum atomic E-state index is -0.452. The largest absolute Gasteiger partial charge is 0.357 e. The van der Waals surface area contributed by atoms with Gasteiger partial charge in [0.2, 0.25) is 5.91 Å². The summed E-state index contributed by atoms with van der Waals surface area (Å²) in [7, 11) is 0. The van der Waals surface area contributed by atoms with E-state index in [-0.39, 0.29) is 5.91 Å². The average molecular weight is 354 g/mol. The molecule has 7 heteroatoms. The highest BCUT2D eigenvalue weighted by atomic mass is 19.1. The quantitative estimate of drug-likeness (QED) is 0.529. The minimum absolute atomic E-state index is 0.0754. The first-order valence-corrected chi connectivity index (χ1v) is 8.75. The molecule has 0 saturated carbocycles. The molecule has 0 atom stereocenters. The topological polar surface area (TPSA) is 56.7 Å². The van der Waals surface area contributed by atoms with Gasteiger partial charge >= 0.3 is 0 Å². The lowest BCUT2D eigenvalue weighted by atomic mass is 10.1. The Morgan fingerprint density at radius 1 is 1.16 bits per heavy atom. The average Bonchev–Trinajstić information content (AvgIpc) is 2.59. The monoisotopic (exact) mass is 354 g/mol. The number of guanidine groups is 1. The molecule has 0 bridgehead atoms. The maximum atomic E-state index is 13.6. The Morgan fingerprint density at radius 3 is 2.52 bits per heavy atom. The first-order chi connectivity index (χ1) is 12.0. The maximum absolute atomic E-state index is 13.6. The fourth-order valence-electron chi connectivity index (χ4n) is 2.39. The van der Waals surface area contributed by atoms with Crippen molar-refractivity contribution in [2.24, 2.45) is 4.99 Å². The summed E-state index contributed by atoms with van der Waals surface area (Å²) in [6.07, 6.45) is 0.684. The number of carbonyl (C=O) groups is 1. The summed E-state index contributed by atoms with van der Waals surface area (Å²) >= 11 is 0. The van der Waals surface area contributed by atoms with E-state index in [1.807, 2.05) is 20.8 Å². The zero-order chi connectivity index (χ0) is 18.7. The van der Waals surface area contributed by atoms with Crippen molar-refractivity contribution in [3.8, 4) is 0 Å². The highest BCUT2D eigenvalue weighted by Crippen LogP contribution is 2.09. The number of aliphatic imine (C=N–C) groups is 1. The normalized spacial score (nSPS) is 11.3. The van der Waals surface area contributed by atoms with Crippen LogP contribution >= 0.6 is 0 Å². The second-order valence-electron chi connectivity index (χ2n) is 5.49. The molecule has 0 heterocycles. The lowest BCUT2D eigenvalue weighted by molar-refractivity contribution is -0.130. The third-order valence-corrected chi connectivity index (χ3v) is 3.75. The van der Waals surface area contributed by atoms with Crippen LogP contribution in [0.5, 0.6) is 0 Å². The number of carbonyl (C=O) groups excluding carboxylic acids is 1. The Labute approximate surface area is 148 Å². The van der Waals surface area contributed by atoms with Crippen LogP contribution in [0.15, 0.2) is 23.2 Å². The molecule has 0 fully saturated rings. The predicted molar refractivity (Wildman–Crippen MR) is 96.6 cm³/mol. The molecule has 140 valence electrons. The molecule has 0 spiro atoms. The SMILES string of the molecule is CCNC(=NCCC(=O)N(CC)CC)NCCc1cc(F)ccc1F. The highest BCUT2D eigenvalue weighted by molar-refractivity contribution is 5.80. The predicted octanol–water partition coefficient (Wildman–Crippen LogP) is 2.32. The number of hydrogen-bond donors (Lipinski definition) is 2. The van der Waals surface area contributed by atoms with Gasteiger partial charge in [0.15, 0.2) is 5.96 Å². The van der Waals surface area contributed by atoms with Gasteiger partial charge < -0.3 is 15.5 Å². The van der Waals surface area contributed by atoms with Crippen LogP contribution in [0.2, 0.25) is 0 Å². The van der Waals surface area contributed by atoms with Crippen LogP contribution in [0.4, 0.5) is 8.78 Å². The molecule has 25 heavy (non-hydrogen) atoms. The second kappa shape index (κ2) is 11.4. The zero-order valence-electron chi connectivity index (χ0n) is 15.2. The van der Waals surface area contributed by atoms with Crippen molar-refractivity contribution in [3.05, 3.63) is 35.4 Å². The molecule has 1 rings (SSSR count). The molecule has 1 aromatic rings. The van der Waals surface area contributed by atoms with E-state index in [1.54, 1.807) is 4.90 Å². The van der Waals surface area contributed by atoms with Crippen molar-refractivity contribution in [2.75, 3.05) is 32.7 Å². The minimum Gasteiger partial charge on any atom is -0.357 e. The molecule has 0 aromatic heterocycles. The van der Waals surface area contributed by atoms with E-state index in [0.29, 0.717) is 57.1 Å². The molecule has 1 aromatic carbocycles. The Morgan fingerprint density at radius 2 is 1.88 bits per heavy atom. The van der Waals surface area contributed by atoms with E-state index < -0.39 is 11.6 Å². The summed E-state index contributed by atoms with van der Waals surface area (Å²) in [6, 6.07) is 3.43. The number of nitrogens with one attached hydrogen (secondary N) is 2. The van der Waals surface area contributed by atoms with Crippen LogP contribution in [-0.4, -0.2) is 49.5 Å². The molecule has 0 unspecified atom stereocenters. The van der Waals surface area contributed by atoms with Crippen LogP contribution in [0.25, 0.3) is 0 Å². The van der Waals surface area contributed by atoms with Crippen LogP contribution in [-0.2, 0) is 11.2 Å². The van der Waals surface area contributed by atoms with Crippen molar-refractivity contribution >= 4 is 11.9 Å². The van der Waals surface area contributed by atoms with E-state index in [9.17, 15) is 13.6 Å². The molecule has 1 amide bonds. The van der Waals surface area contributed by atoms with Gasteiger partial charge in [-0.05, 0) is 51.0 Å². The van der Waals surface area contributed by atoms with Gasteiger partial charge in [-0.3, -0.25) is 9.79 Å². The molecule has 2 N–H and O–H groups in total. The number of nitrogens with zero attached hydrogens (tertiary/aromatic N) is 2. The van der Waals surface area contributed by atoms with E-state index in [2.05, 4.69) is 15.6 Å². The lowest BCUT2D eigenvalue weighted by Crippen LogP contribution is -2.38. The van der Waals surface area contributed by atoms with E-state index >= 15 is 0 Å². The van der Waals surface area contributed by atoms with Gasteiger partial charge in [0.25, 0.3) is 0 Å². The van der Waals surface area contributed by atoms with Gasteiger partial charge in [0.1, 0.15) is 11.6 Å². The maximum Gasteiger partial charge on any atom is 0.224 e. The van der Waals surface area contributed by atoms with Crippen molar-refractivity contribution < 1.29 is 13.6 Å². The molecular formula is C18H28F2N4O. The van der Waals surface area contributed by atoms with Crippen LogP contribution in [0.1, 0.15) is 32.8 Å². The number of halogens is 2. The molecule has 0 saturated heterocycles. The summed E-state index contributed by atoms with van der Waals surface area (Å²) in [6.45, 7) is 8.67. The van der Waals surface area contributed by atoms with Crippen molar-refractivity contribution in [2.45, 2.75) is 33.6 Å². The number of hydrogen-bond acceptors (Lipinski definition) is 2. The van der Waals surface area contributed by atoms with Gasteiger partial charge in [0.05, 0.1) is 6.54 Å². The summed E-state index contributed by atoms with van der Waals surface area (Å²) < 4.78 is 26.8. The summed E-state index contributed by atoms with van der Waals surface area (Å²) in [5.74, 6) is -0.236. The van der Waals surface area contributed by atoms with Crippen LogP contribution in [0.3, 0.4) is 0 Å². The van der Waals surface area contributed by atoms with E-state index in [1.165, 1.54) is 6.07 Å². The zero-order valence-corrected chi connectivity index (χ0v) is 15.2. The molecular weight excluding hydrogens is 326 g/mol.